The molecule has 3 aromatic rings. The maximum atomic E-state index is 12.8. The highest BCUT2D eigenvalue weighted by molar-refractivity contribution is 6.09. The Morgan fingerprint density at radius 3 is 2.07 bits per heavy atom. The molecule has 142 valence electrons. The molecule has 3 aromatic carbocycles. The first-order valence-corrected chi connectivity index (χ1v) is 8.95. The molecule has 0 aromatic heterocycles. The summed E-state index contributed by atoms with van der Waals surface area (Å²) in [6.07, 6.45) is 0. The molecule has 0 saturated carbocycles. The van der Waals surface area contributed by atoms with E-state index in [2.05, 4.69) is 17.0 Å². The van der Waals surface area contributed by atoms with Crippen LogP contribution in [0, 0.1) is 0 Å². The van der Waals surface area contributed by atoms with Gasteiger partial charge in [0.15, 0.2) is 5.78 Å². The van der Waals surface area contributed by atoms with Gasteiger partial charge in [-0.25, -0.2) is 4.79 Å². The van der Waals surface area contributed by atoms with E-state index in [9.17, 15) is 9.59 Å². The summed E-state index contributed by atoms with van der Waals surface area (Å²) >= 11 is 0. The van der Waals surface area contributed by atoms with E-state index in [1.165, 1.54) is 12.1 Å². The van der Waals surface area contributed by atoms with E-state index in [-0.39, 0.29) is 11.3 Å². The van der Waals surface area contributed by atoms with Crippen molar-refractivity contribution in [2.75, 3.05) is 11.9 Å². The van der Waals surface area contributed by atoms with Crippen LogP contribution >= 0.6 is 0 Å². The first-order valence-electron chi connectivity index (χ1n) is 8.95. The molecule has 5 nitrogen and oxygen atoms in total. The number of aromatic carboxylic acids is 1. The van der Waals surface area contributed by atoms with Crippen LogP contribution in [0.25, 0.3) is 0 Å². The monoisotopic (exact) mass is 374 g/mol. The molecule has 0 aliphatic carbocycles. The number of carbonyl (C=O) groups excluding carboxylic acids is 1. The molecule has 0 aliphatic heterocycles. The van der Waals surface area contributed by atoms with Crippen LogP contribution < -0.4 is 10.6 Å². The molecular formula is C23H22N2O3. The lowest BCUT2D eigenvalue weighted by molar-refractivity contribution is 0.0696. The Labute approximate surface area is 164 Å². The van der Waals surface area contributed by atoms with Gasteiger partial charge in [0.05, 0.1) is 5.56 Å². The van der Waals surface area contributed by atoms with Gasteiger partial charge in [0.1, 0.15) is 0 Å². The molecule has 5 heteroatoms. The number of nitrogens with zero attached hydrogens (tertiary/aromatic N) is 1. The number of benzene rings is 3. The van der Waals surface area contributed by atoms with Crippen molar-refractivity contribution in [3.63, 3.8) is 0 Å². The van der Waals surface area contributed by atoms with Gasteiger partial charge in [-0.05, 0) is 35.4 Å². The minimum atomic E-state index is -1.01. The molecule has 3 rings (SSSR count). The van der Waals surface area contributed by atoms with E-state index in [0.717, 1.165) is 16.8 Å². The highest BCUT2D eigenvalue weighted by atomic mass is 16.4. The minimum Gasteiger partial charge on any atom is -0.478 e. The van der Waals surface area contributed by atoms with E-state index in [4.69, 9.17) is 10.8 Å². The molecule has 28 heavy (non-hydrogen) atoms. The fourth-order valence-corrected chi connectivity index (χ4v) is 2.96. The lowest BCUT2D eigenvalue weighted by Crippen LogP contribution is -2.17. The van der Waals surface area contributed by atoms with Gasteiger partial charge >= 0.3 is 5.97 Å². The van der Waals surface area contributed by atoms with E-state index in [1.807, 2.05) is 37.4 Å². The Morgan fingerprint density at radius 1 is 0.857 bits per heavy atom. The van der Waals surface area contributed by atoms with E-state index in [1.54, 1.807) is 18.2 Å². The highest BCUT2D eigenvalue weighted by Gasteiger charge is 2.12. The highest BCUT2D eigenvalue weighted by Crippen LogP contribution is 2.20. The van der Waals surface area contributed by atoms with Crippen LogP contribution in [0.4, 0.5) is 5.69 Å². The zero-order chi connectivity index (χ0) is 20.1. The summed E-state index contributed by atoms with van der Waals surface area (Å²) in [4.78, 5) is 25.8. The van der Waals surface area contributed by atoms with E-state index >= 15 is 0 Å². The topological polar surface area (TPSA) is 83.6 Å². The van der Waals surface area contributed by atoms with Gasteiger partial charge in [0.25, 0.3) is 0 Å². The lowest BCUT2D eigenvalue weighted by atomic mass is 10.0. The van der Waals surface area contributed by atoms with Crippen molar-refractivity contribution in [2.24, 2.45) is 5.73 Å². The summed E-state index contributed by atoms with van der Waals surface area (Å²) < 4.78 is 0. The summed E-state index contributed by atoms with van der Waals surface area (Å²) in [7, 11) is 1.97. The van der Waals surface area contributed by atoms with E-state index in [0.29, 0.717) is 24.2 Å². The number of nitrogens with two attached hydrogens (primary N) is 1. The number of rotatable bonds is 7. The molecular weight excluding hydrogens is 352 g/mol. The molecule has 0 amide bonds. The Hall–Kier alpha value is -3.44. The van der Waals surface area contributed by atoms with Gasteiger partial charge in [-0.3, -0.25) is 4.79 Å². The smallest absolute Gasteiger partial charge is 0.335 e. The first-order chi connectivity index (χ1) is 13.5. The van der Waals surface area contributed by atoms with Crippen molar-refractivity contribution in [3.05, 3.63) is 101 Å². The second-order valence-corrected chi connectivity index (χ2v) is 6.64. The molecule has 0 bridgehead atoms. The number of carboxylic acids is 1. The third-order valence-electron chi connectivity index (χ3n) is 4.62. The fourth-order valence-electron chi connectivity index (χ4n) is 2.96. The van der Waals surface area contributed by atoms with Crippen molar-refractivity contribution in [2.45, 2.75) is 13.1 Å². The summed E-state index contributed by atoms with van der Waals surface area (Å²) in [5.41, 5.74) is 9.99. The number of anilines is 1. The molecule has 0 atom stereocenters. The Kier molecular flexibility index (Phi) is 5.87. The van der Waals surface area contributed by atoms with Gasteiger partial charge in [-0.1, -0.05) is 48.5 Å². The van der Waals surface area contributed by atoms with Crippen molar-refractivity contribution in [1.29, 1.82) is 0 Å². The lowest BCUT2D eigenvalue weighted by Gasteiger charge is -2.20. The zero-order valence-electron chi connectivity index (χ0n) is 15.6. The molecule has 0 fully saturated rings. The van der Waals surface area contributed by atoms with Crippen molar-refractivity contribution in [3.8, 4) is 0 Å². The molecule has 0 saturated heterocycles. The van der Waals surface area contributed by atoms with Gasteiger partial charge in [-0.2, -0.15) is 0 Å². The second-order valence-electron chi connectivity index (χ2n) is 6.64. The summed E-state index contributed by atoms with van der Waals surface area (Å²) in [5, 5.41) is 8.98. The molecule has 0 heterocycles. The minimum absolute atomic E-state index is 0.139. The SMILES string of the molecule is CN(Cc1ccc(CN)cc1)c1cccc(C(=O)c2ccc(C(=O)O)cc2)c1. The van der Waals surface area contributed by atoms with Gasteiger partial charge in [0.2, 0.25) is 0 Å². The van der Waals surface area contributed by atoms with Gasteiger partial charge < -0.3 is 15.7 Å². The number of hydrogen-bond donors (Lipinski definition) is 2. The molecule has 0 radical (unpaired) electrons. The molecule has 0 aliphatic rings. The predicted octanol–water partition coefficient (Wildman–Crippen LogP) is 3.71. The van der Waals surface area contributed by atoms with Crippen LogP contribution in [0.1, 0.15) is 37.4 Å². The summed E-state index contributed by atoms with van der Waals surface area (Å²) in [6, 6.07) is 21.5. The van der Waals surface area contributed by atoms with Crippen molar-refractivity contribution < 1.29 is 14.7 Å². The summed E-state index contributed by atoms with van der Waals surface area (Å²) in [5.74, 6) is -1.15. The van der Waals surface area contributed by atoms with Crippen LogP contribution in [0.2, 0.25) is 0 Å². The van der Waals surface area contributed by atoms with Crippen LogP contribution in [0.3, 0.4) is 0 Å². The van der Waals surface area contributed by atoms with Gasteiger partial charge in [0, 0.05) is 37.0 Å². The van der Waals surface area contributed by atoms with Crippen molar-refractivity contribution >= 4 is 17.4 Å². The molecule has 3 N–H and O–H groups in total. The van der Waals surface area contributed by atoms with Crippen LogP contribution in [-0.4, -0.2) is 23.9 Å². The zero-order valence-corrected chi connectivity index (χ0v) is 15.6. The van der Waals surface area contributed by atoms with Crippen LogP contribution in [0.15, 0.2) is 72.8 Å². The van der Waals surface area contributed by atoms with Crippen LogP contribution in [0.5, 0.6) is 0 Å². The average Bonchev–Trinajstić information content (AvgIpc) is 2.74. The summed E-state index contributed by atoms with van der Waals surface area (Å²) in [6.45, 7) is 1.23. The number of carboxylic acid groups (broad SMARTS) is 1. The Bertz CT molecular complexity index is 979. The van der Waals surface area contributed by atoms with Gasteiger partial charge in [-0.15, -0.1) is 0 Å². The number of ketones is 1. The number of hydrogen-bond acceptors (Lipinski definition) is 4. The third-order valence-corrected chi connectivity index (χ3v) is 4.62. The van der Waals surface area contributed by atoms with Crippen molar-refractivity contribution in [1.82, 2.24) is 0 Å². The average molecular weight is 374 g/mol. The Morgan fingerprint density at radius 2 is 1.46 bits per heavy atom. The first kappa shape index (κ1) is 19.3. The fraction of sp³-hybridized carbons (Fsp3) is 0.130. The predicted molar refractivity (Wildman–Crippen MR) is 110 cm³/mol. The van der Waals surface area contributed by atoms with Crippen LogP contribution in [-0.2, 0) is 13.1 Å². The maximum Gasteiger partial charge on any atom is 0.335 e. The number of carbonyl (C=O) groups is 2. The quantitative estimate of drug-likeness (QED) is 0.616. The standard InChI is InChI=1S/C23H22N2O3/c1-25(15-17-7-5-16(14-24)6-8-17)21-4-2-3-20(13-21)22(26)18-9-11-19(12-10-18)23(27)28/h2-13H,14-15,24H2,1H3,(H,27,28). The second kappa shape index (κ2) is 8.50. The normalized spacial score (nSPS) is 10.5. The largest absolute Gasteiger partial charge is 0.478 e. The third kappa shape index (κ3) is 4.45. The van der Waals surface area contributed by atoms with E-state index < -0.39 is 5.97 Å². The molecule has 0 unspecified atom stereocenters. The molecule has 0 spiro atoms. The Balaban J connectivity index is 1.76. The maximum absolute atomic E-state index is 12.8.